The number of rotatable bonds is 10. The van der Waals surface area contributed by atoms with E-state index in [2.05, 4.69) is 29.2 Å². The Hall–Kier alpha value is -0.180. The number of hydrogen-bond donors (Lipinski definition) is 2. The summed E-state index contributed by atoms with van der Waals surface area (Å²) in [7, 11) is 1.44. The van der Waals surface area contributed by atoms with Gasteiger partial charge in [0.15, 0.2) is 5.96 Å². The molecule has 0 aromatic carbocycles. The van der Waals surface area contributed by atoms with Gasteiger partial charge in [-0.2, -0.15) is 11.8 Å². The Morgan fingerprint density at radius 2 is 2.00 bits per heavy atom. The summed E-state index contributed by atoms with van der Waals surface area (Å²) >= 11 is 2.05. The first-order valence-electron chi connectivity index (χ1n) is 8.82. The van der Waals surface area contributed by atoms with Crippen LogP contribution in [0, 0.1) is 0 Å². The molecule has 7 heteroatoms. The van der Waals surface area contributed by atoms with Crippen LogP contribution in [0.15, 0.2) is 4.99 Å². The quantitative estimate of drug-likeness (QED) is 0.168. The minimum absolute atomic E-state index is 0. The molecule has 0 aromatic rings. The Labute approximate surface area is 168 Å². The van der Waals surface area contributed by atoms with Crippen molar-refractivity contribution in [3.05, 3.63) is 0 Å². The lowest BCUT2D eigenvalue weighted by molar-refractivity contribution is -0.140. The highest BCUT2D eigenvalue weighted by Crippen LogP contribution is 2.37. The average Bonchev–Trinajstić information content (AvgIpc) is 2.98. The molecule has 0 aromatic heterocycles. The monoisotopic (exact) mass is 471 g/mol. The predicted octanol–water partition coefficient (Wildman–Crippen LogP) is 3.57. The minimum Gasteiger partial charge on any atom is -0.469 e. The van der Waals surface area contributed by atoms with Crippen molar-refractivity contribution in [1.82, 2.24) is 10.6 Å². The molecule has 142 valence electrons. The molecule has 1 aliphatic rings. The third-order valence-electron chi connectivity index (χ3n) is 4.04. The van der Waals surface area contributed by atoms with E-state index < -0.39 is 0 Å². The second-order valence-electron chi connectivity index (χ2n) is 6.26. The van der Waals surface area contributed by atoms with Crippen molar-refractivity contribution in [2.75, 3.05) is 32.5 Å². The minimum atomic E-state index is -0.108. The van der Waals surface area contributed by atoms with E-state index in [1.807, 2.05) is 11.8 Å². The molecule has 0 radical (unpaired) electrons. The molecule has 1 heterocycles. The van der Waals surface area contributed by atoms with Crippen LogP contribution in [0.25, 0.3) is 0 Å². The summed E-state index contributed by atoms with van der Waals surface area (Å²) in [6, 6.07) is 0. The van der Waals surface area contributed by atoms with Crippen molar-refractivity contribution in [3.8, 4) is 0 Å². The number of methoxy groups -OCH3 is 1. The third-order valence-corrected chi connectivity index (χ3v) is 5.57. The Kier molecular flexibility index (Phi) is 13.9. The molecule has 0 amide bonds. The number of thioether (sulfide) groups is 1. The molecule has 2 N–H and O–H groups in total. The van der Waals surface area contributed by atoms with Crippen molar-refractivity contribution in [3.63, 3.8) is 0 Å². The van der Waals surface area contributed by atoms with Gasteiger partial charge < -0.3 is 15.4 Å². The maximum atomic E-state index is 11.0. The smallest absolute Gasteiger partial charge is 0.305 e. The first kappa shape index (κ1) is 23.8. The summed E-state index contributed by atoms with van der Waals surface area (Å²) < 4.78 is 4.95. The number of hydrogen-bond acceptors (Lipinski definition) is 4. The standard InChI is InChI=1S/C17H33N3O2S.HI/c1-4-18-16(20-14-17(2)11-9-13-23-17)19-12-8-6-5-7-10-15(21)22-3;/h4-14H2,1-3H3,(H2,18,19,20);1H. The fourth-order valence-electron chi connectivity index (χ4n) is 2.61. The van der Waals surface area contributed by atoms with Crippen LogP contribution in [0.3, 0.4) is 0 Å². The maximum absolute atomic E-state index is 11.0. The molecule has 24 heavy (non-hydrogen) atoms. The maximum Gasteiger partial charge on any atom is 0.305 e. The highest BCUT2D eigenvalue weighted by Gasteiger charge is 2.29. The van der Waals surface area contributed by atoms with Crippen LogP contribution < -0.4 is 10.6 Å². The van der Waals surface area contributed by atoms with Gasteiger partial charge in [0.2, 0.25) is 0 Å². The van der Waals surface area contributed by atoms with E-state index in [-0.39, 0.29) is 29.9 Å². The fourth-order valence-corrected chi connectivity index (χ4v) is 3.83. The van der Waals surface area contributed by atoms with E-state index in [4.69, 9.17) is 4.99 Å². The Morgan fingerprint density at radius 3 is 2.62 bits per heavy atom. The third kappa shape index (κ3) is 10.6. The summed E-state index contributed by atoms with van der Waals surface area (Å²) in [6.07, 6.45) is 7.31. The highest BCUT2D eigenvalue weighted by molar-refractivity contribution is 14.0. The second-order valence-corrected chi connectivity index (χ2v) is 7.95. The number of nitrogens with zero attached hydrogens (tertiary/aromatic N) is 1. The first-order chi connectivity index (χ1) is 11.1. The summed E-state index contributed by atoms with van der Waals surface area (Å²) in [4.78, 5) is 15.8. The fraction of sp³-hybridized carbons (Fsp3) is 0.882. The molecule has 0 saturated carbocycles. The van der Waals surface area contributed by atoms with Gasteiger partial charge in [0, 0.05) is 24.3 Å². The molecule has 1 rings (SSSR count). The van der Waals surface area contributed by atoms with Crippen molar-refractivity contribution < 1.29 is 9.53 Å². The van der Waals surface area contributed by atoms with Gasteiger partial charge in [0.1, 0.15) is 0 Å². The lowest BCUT2D eigenvalue weighted by Crippen LogP contribution is -2.39. The molecule has 1 saturated heterocycles. The van der Waals surface area contributed by atoms with E-state index in [0.717, 1.165) is 51.3 Å². The molecular weight excluding hydrogens is 437 g/mol. The van der Waals surface area contributed by atoms with Crippen LogP contribution in [0.2, 0.25) is 0 Å². The molecule has 0 spiro atoms. The summed E-state index contributed by atoms with van der Waals surface area (Å²) in [5.74, 6) is 2.08. The molecule has 1 unspecified atom stereocenters. The van der Waals surface area contributed by atoms with Gasteiger partial charge in [0.05, 0.1) is 13.7 Å². The summed E-state index contributed by atoms with van der Waals surface area (Å²) in [5.41, 5.74) is 0. The number of guanidine groups is 1. The van der Waals surface area contributed by atoms with Crippen LogP contribution >= 0.6 is 35.7 Å². The van der Waals surface area contributed by atoms with E-state index >= 15 is 0 Å². The van der Waals surface area contributed by atoms with Crippen LogP contribution in [-0.4, -0.2) is 49.2 Å². The largest absolute Gasteiger partial charge is 0.469 e. The van der Waals surface area contributed by atoms with Crippen molar-refractivity contribution in [2.45, 2.75) is 63.5 Å². The molecule has 5 nitrogen and oxygen atoms in total. The number of carbonyl (C=O) groups excluding carboxylic acids is 1. The molecule has 0 aliphatic carbocycles. The van der Waals surface area contributed by atoms with Crippen molar-refractivity contribution in [1.29, 1.82) is 0 Å². The van der Waals surface area contributed by atoms with E-state index in [1.165, 1.54) is 25.7 Å². The van der Waals surface area contributed by atoms with Gasteiger partial charge in [-0.3, -0.25) is 9.79 Å². The Bertz CT molecular complexity index is 375. The molecular formula is C17H34IN3O2S. The predicted molar refractivity (Wildman–Crippen MR) is 115 cm³/mol. The molecule has 1 aliphatic heterocycles. The zero-order valence-corrected chi connectivity index (χ0v) is 18.5. The van der Waals surface area contributed by atoms with Gasteiger partial charge in [-0.05, 0) is 45.3 Å². The van der Waals surface area contributed by atoms with Crippen LogP contribution in [0.5, 0.6) is 0 Å². The van der Waals surface area contributed by atoms with Crippen molar-refractivity contribution >= 4 is 47.7 Å². The average molecular weight is 471 g/mol. The van der Waals surface area contributed by atoms with Gasteiger partial charge in [0.25, 0.3) is 0 Å². The SMILES string of the molecule is CCNC(=NCC1(C)CCCS1)NCCCCCCC(=O)OC.I. The highest BCUT2D eigenvalue weighted by atomic mass is 127. The Morgan fingerprint density at radius 1 is 1.25 bits per heavy atom. The molecule has 1 atom stereocenters. The second kappa shape index (κ2) is 14.0. The lowest BCUT2D eigenvalue weighted by atomic mass is 10.1. The van der Waals surface area contributed by atoms with Crippen LogP contribution in [0.4, 0.5) is 0 Å². The topological polar surface area (TPSA) is 62.7 Å². The van der Waals surface area contributed by atoms with E-state index in [9.17, 15) is 4.79 Å². The molecule has 1 fully saturated rings. The van der Waals surface area contributed by atoms with Crippen molar-refractivity contribution in [2.24, 2.45) is 4.99 Å². The number of nitrogens with one attached hydrogen (secondary N) is 2. The van der Waals surface area contributed by atoms with Crippen LogP contribution in [-0.2, 0) is 9.53 Å². The van der Waals surface area contributed by atoms with Gasteiger partial charge >= 0.3 is 5.97 Å². The number of carbonyl (C=O) groups is 1. The first-order valence-corrected chi connectivity index (χ1v) is 9.81. The van der Waals surface area contributed by atoms with Gasteiger partial charge in [-0.25, -0.2) is 0 Å². The summed E-state index contributed by atoms with van der Waals surface area (Å²) in [6.45, 7) is 7.10. The number of ether oxygens (including phenoxy) is 1. The normalized spacial score (nSPS) is 20.4. The van der Waals surface area contributed by atoms with Gasteiger partial charge in [-0.1, -0.05) is 12.8 Å². The van der Waals surface area contributed by atoms with Gasteiger partial charge in [-0.15, -0.1) is 24.0 Å². The van der Waals surface area contributed by atoms with Crippen LogP contribution in [0.1, 0.15) is 58.8 Å². The number of esters is 1. The zero-order valence-electron chi connectivity index (χ0n) is 15.4. The van der Waals surface area contributed by atoms with E-state index in [0.29, 0.717) is 11.2 Å². The number of unbranched alkanes of at least 4 members (excludes halogenated alkanes) is 3. The number of halogens is 1. The number of aliphatic imine (C=N–C) groups is 1. The van der Waals surface area contributed by atoms with E-state index in [1.54, 1.807) is 0 Å². The zero-order chi connectivity index (χ0) is 17.0. The summed E-state index contributed by atoms with van der Waals surface area (Å²) in [5, 5.41) is 6.73. The lowest BCUT2D eigenvalue weighted by Gasteiger charge is -2.21. The Balaban J connectivity index is 0.00000529. The molecule has 0 bridgehead atoms.